The van der Waals surface area contributed by atoms with Gasteiger partial charge in [-0.05, 0) is 18.6 Å². The van der Waals surface area contributed by atoms with E-state index in [-0.39, 0.29) is 17.6 Å². The van der Waals surface area contributed by atoms with E-state index in [2.05, 4.69) is 15.5 Å². The normalized spacial score (nSPS) is 11.9. The number of carbonyl (C=O) groups is 1. The van der Waals surface area contributed by atoms with Gasteiger partial charge in [0.2, 0.25) is 0 Å². The lowest BCUT2D eigenvalue weighted by atomic mass is 10.1. The third-order valence-corrected chi connectivity index (χ3v) is 3.33. The number of hydrogen-bond acceptors (Lipinski definition) is 4. The van der Waals surface area contributed by atoms with Gasteiger partial charge in [-0.15, -0.1) is 0 Å². The minimum absolute atomic E-state index is 0.155. The average molecular weight is 293 g/mol. The van der Waals surface area contributed by atoms with E-state index in [1.165, 1.54) is 0 Å². The van der Waals surface area contributed by atoms with E-state index in [1.807, 2.05) is 49.4 Å². The molecule has 0 aliphatic rings. The van der Waals surface area contributed by atoms with Crippen molar-refractivity contribution in [1.29, 1.82) is 0 Å². The zero-order valence-electron chi connectivity index (χ0n) is 12.1. The van der Waals surface area contributed by atoms with Crippen LogP contribution in [0.4, 0.5) is 0 Å². The van der Waals surface area contributed by atoms with Gasteiger partial charge in [-0.1, -0.05) is 41.6 Å². The molecule has 0 saturated carbocycles. The first kappa shape index (κ1) is 14.0. The molecule has 5 nitrogen and oxygen atoms in total. The summed E-state index contributed by atoms with van der Waals surface area (Å²) in [6.45, 7) is 1.90. The number of benzene rings is 1. The van der Waals surface area contributed by atoms with Gasteiger partial charge in [0.05, 0.1) is 6.04 Å². The molecule has 22 heavy (non-hydrogen) atoms. The van der Waals surface area contributed by atoms with Crippen LogP contribution in [0.3, 0.4) is 0 Å². The summed E-state index contributed by atoms with van der Waals surface area (Å²) in [7, 11) is 0. The Morgan fingerprint density at radius 3 is 2.73 bits per heavy atom. The molecule has 0 radical (unpaired) electrons. The van der Waals surface area contributed by atoms with E-state index in [0.29, 0.717) is 5.76 Å². The molecule has 0 bridgehead atoms. The summed E-state index contributed by atoms with van der Waals surface area (Å²) in [5.74, 6) is 0.294. The molecule has 3 rings (SSSR count). The third kappa shape index (κ3) is 3.03. The smallest absolute Gasteiger partial charge is 0.273 e. The molecule has 0 saturated heterocycles. The van der Waals surface area contributed by atoms with E-state index in [1.54, 1.807) is 18.5 Å². The minimum atomic E-state index is -0.276. The molecule has 1 unspecified atom stereocenters. The molecule has 110 valence electrons. The van der Waals surface area contributed by atoms with Crippen LogP contribution in [-0.4, -0.2) is 16.0 Å². The summed E-state index contributed by atoms with van der Waals surface area (Å²) in [5, 5.41) is 6.71. The predicted octanol–water partition coefficient (Wildman–Crippen LogP) is 3.23. The van der Waals surface area contributed by atoms with Gasteiger partial charge in [0.15, 0.2) is 11.5 Å². The Morgan fingerprint density at radius 1 is 1.18 bits per heavy atom. The monoisotopic (exact) mass is 293 g/mol. The van der Waals surface area contributed by atoms with Crippen LogP contribution in [0.2, 0.25) is 0 Å². The minimum Gasteiger partial charge on any atom is -0.355 e. The zero-order chi connectivity index (χ0) is 15.4. The number of hydrogen-bond donors (Lipinski definition) is 1. The number of nitrogens with one attached hydrogen (secondary N) is 1. The number of rotatable bonds is 4. The van der Waals surface area contributed by atoms with Gasteiger partial charge in [0, 0.05) is 24.0 Å². The molecule has 2 aromatic heterocycles. The largest absolute Gasteiger partial charge is 0.355 e. The van der Waals surface area contributed by atoms with Crippen molar-refractivity contribution in [3.8, 4) is 11.3 Å². The molecule has 1 aromatic carbocycles. The molecule has 3 aromatic rings. The summed E-state index contributed by atoms with van der Waals surface area (Å²) in [4.78, 5) is 16.3. The van der Waals surface area contributed by atoms with E-state index in [0.717, 1.165) is 11.1 Å². The van der Waals surface area contributed by atoms with Crippen molar-refractivity contribution in [3.63, 3.8) is 0 Å². The molecular weight excluding hydrogens is 278 g/mol. The van der Waals surface area contributed by atoms with Gasteiger partial charge in [-0.3, -0.25) is 9.78 Å². The number of aromatic nitrogens is 2. The summed E-state index contributed by atoms with van der Waals surface area (Å²) in [6.07, 6.45) is 3.42. The highest BCUT2D eigenvalue weighted by Gasteiger charge is 2.16. The predicted molar refractivity (Wildman–Crippen MR) is 82.1 cm³/mol. The van der Waals surface area contributed by atoms with Crippen LogP contribution >= 0.6 is 0 Å². The van der Waals surface area contributed by atoms with Gasteiger partial charge in [0.25, 0.3) is 5.91 Å². The van der Waals surface area contributed by atoms with Gasteiger partial charge >= 0.3 is 0 Å². The molecule has 1 N–H and O–H groups in total. The van der Waals surface area contributed by atoms with Crippen LogP contribution in [0.15, 0.2) is 65.4 Å². The highest BCUT2D eigenvalue weighted by Crippen LogP contribution is 2.20. The lowest BCUT2D eigenvalue weighted by Gasteiger charge is -2.12. The molecule has 0 aliphatic heterocycles. The highest BCUT2D eigenvalue weighted by molar-refractivity contribution is 5.93. The van der Waals surface area contributed by atoms with E-state index >= 15 is 0 Å². The van der Waals surface area contributed by atoms with Crippen molar-refractivity contribution in [2.75, 3.05) is 0 Å². The summed E-state index contributed by atoms with van der Waals surface area (Å²) >= 11 is 0. The number of carbonyl (C=O) groups excluding carboxylic acids is 1. The molecule has 1 amide bonds. The lowest BCUT2D eigenvalue weighted by Crippen LogP contribution is -2.26. The Hall–Kier alpha value is -2.95. The van der Waals surface area contributed by atoms with Crippen LogP contribution < -0.4 is 5.32 Å². The van der Waals surface area contributed by atoms with E-state index < -0.39 is 0 Å². The van der Waals surface area contributed by atoms with Gasteiger partial charge in [-0.2, -0.15) is 0 Å². The van der Waals surface area contributed by atoms with E-state index in [9.17, 15) is 4.79 Å². The van der Waals surface area contributed by atoms with Gasteiger partial charge in [-0.25, -0.2) is 0 Å². The quantitative estimate of drug-likeness (QED) is 0.802. The van der Waals surface area contributed by atoms with Crippen LogP contribution in [0.5, 0.6) is 0 Å². The highest BCUT2D eigenvalue weighted by atomic mass is 16.5. The first-order valence-corrected chi connectivity index (χ1v) is 6.97. The molecule has 1 atom stereocenters. The van der Waals surface area contributed by atoms with Crippen molar-refractivity contribution < 1.29 is 9.32 Å². The summed E-state index contributed by atoms with van der Waals surface area (Å²) in [6, 6.07) is 14.8. The van der Waals surface area contributed by atoms with E-state index in [4.69, 9.17) is 4.52 Å². The van der Waals surface area contributed by atoms with Crippen LogP contribution in [0, 0.1) is 0 Å². The molecule has 0 fully saturated rings. The molecule has 0 spiro atoms. The van der Waals surface area contributed by atoms with Crippen molar-refractivity contribution >= 4 is 5.91 Å². The first-order valence-electron chi connectivity index (χ1n) is 6.97. The Morgan fingerprint density at radius 2 is 2.00 bits per heavy atom. The second-order valence-electron chi connectivity index (χ2n) is 4.92. The number of nitrogens with zero attached hydrogens (tertiary/aromatic N) is 2. The number of amides is 1. The van der Waals surface area contributed by atoms with Crippen molar-refractivity contribution in [2.24, 2.45) is 0 Å². The van der Waals surface area contributed by atoms with Gasteiger partial charge in [0.1, 0.15) is 0 Å². The topological polar surface area (TPSA) is 68.0 Å². The fourth-order valence-electron chi connectivity index (χ4n) is 2.11. The second-order valence-corrected chi connectivity index (χ2v) is 4.92. The fraction of sp³-hybridized carbons (Fsp3) is 0.118. The Kier molecular flexibility index (Phi) is 3.96. The van der Waals surface area contributed by atoms with Crippen LogP contribution in [0.1, 0.15) is 29.0 Å². The Labute approximate surface area is 128 Å². The second kappa shape index (κ2) is 6.22. The molecule has 5 heteroatoms. The van der Waals surface area contributed by atoms with Crippen LogP contribution in [-0.2, 0) is 0 Å². The Bertz CT molecular complexity index is 754. The standard InChI is InChI=1S/C17H15N3O2/c1-12(14-8-5-9-18-11-14)19-17(21)15-10-16(22-20-15)13-6-3-2-4-7-13/h2-12H,1H3,(H,19,21). The summed E-state index contributed by atoms with van der Waals surface area (Å²) in [5.41, 5.74) is 2.08. The number of pyridine rings is 1. The summed E-state index contributed by atoms with van der Waals surface area (Å²) < 4.78 is 5.24. The maximum atomic E-state index is 12.2. The van der Waals surface area contributed by atoms with Gasteiger partial charge < -0.3 is 9.84 Å². The Balaban J connectivity index is 1.72. The first-order chi connectivity index (χ1) is 10.7. The maximum absolute atomic E-state index is 12.2. The van der Waals surface area contributed by atoms with Crippen molar-refractivity contribution in [3.05, 3.63) is 72.2 Å². The third-order valence-electron chi connectivity index (χ3n) is 3.33. The molecule has 2 heterocycles. The SMILES string of the molecule is CC(NC(=O)c1cc(-c2ccccc2)on1)c1cccnc1. The average Bonchev–Trinajstić information content (AvgIpc) is 3.06. The lowest BCUT2D eigenvalue weighted by molar-refractivity contribution is 0.0931. The van der Waals surface area contributed by atoms with Crippen LogP contribution in [0.25, 0.3) is 11.3 Å². The fourth-order valence-corrected chi connectivity index (χ4v) is 2.11. The maximum Gasteiger partial charge on any atom is 0.273 e. The zero-order valence-corrected chi connectivity index (χ0v) is 12.1. The molecule has 0 aliphatic carbocycles. The van der Waals surface area contributed by atoms with Crippen molar-refractivity contribution in [2.45, 2.75) is 13.0 Å². The molecular formula is C17H15N3O2. The van der Waals surface area contributed by atoms with Crippen molar-refractivity contribution in [1.82, 2.24) is 15.5 Å².